The molecule has 3 rings (SSSR count). The number of carbonyl (C=O) groups is 1. The maximum Gasteiger partial charge on any atom is 0.335 e. The number of hydrogen-bond acceptors (Lipinski definition) is 2. The number of rotatable bonds is 2. The minimum Gasteiger partial charge on any atom is -0.478 e. The highest BCUT2D eigenvalue weighted by molar-refractivity contribution is 9.10. The van der Waals surface area contributed by atoms with Crippen LogP contribution in [0.1, 0.15) is 41.4 Å². The van der Waals surface area contributed by atoms with Crippen LogP contribution in [-0.4, -0.2) is 11.1 Å². The van der Waals surface area contributed by atoms with E-state index < -0.39 is 5.97 Å². The summed E-state index contributed by atoms with van der Waals surface area (Å²) in [6.07, 6.45) is 0.718. The van der Waals surface area contributed by atoms with Crippen LogP contribution in [0.5, 0.6) is 0 Å². The molecule has 0 amide bonds. The SMILES string of the molecule is CC1(C)Cc2cc(C(=O)O)ccc2NC1c1cc(F)cc(Br)c1. The first-order valence-corrected chi connectivity index (χ1v) is 8.14. The van der Waals surface area contributed by atoms with Gasteiger partial charge in [0.25, 0.3) is 0 Å². The third-order valence-electron chi connectivity index (χ3n) is 4.30. The molecule has 0 spiro atoms. The van der Waals surface area contributed by atoms with Gasteiger partial charge in [-0.25, -0.2) is 9.18 Å². The number of carboxylic acids is 1. The summed E-state index contributed by atoms with van der Waals surface area (Å²) < 4.78 is 14.5. The van der Waals surface area contributed by atoms with E-state index in [9.17, 15) is 9.18 Å². The van der Waals surface area contributed by atoms with Crippen LogP contribution in [0, 0.1) is 11.2 Å². The van der Waals surface area contributed by atoms with Gasteiger partial charge in [0.1, 0.15) is 5.82 Å². The molecule has 1 aliphatic heterocycles. The number of hydrogen-bond donors (Lipinski definition) is 2. The minimum absolute atomic E-state index is 0.0577. The maximum absolute atomic E-state index is 13.7. The van der Waals surface area contributed by atoms with Crippen molar-refractivity contribution >= 4 is 27.6 Å². The monoisotopic (exact) mass is 377 g/mol. The zero-order valence-electron chi connectivity index (χ0n) is 12.9. The standard InChI is InChI=1S/C18H17BrFNO2/c1-18(2)9-12-5-10(17(22)23)3-4-15(12)21-16(18)11-6-13(19)8-14(20)7-11/h3-8,16,21H,9H2,1-2H3,(H,22,23). The molecule has 0 aliphatic carbocycles. The molecule has 2 aromatic rings. The zero-order chi connectivity index (χ0) is 16.8. The molecular formula is C18H17BrFNO2. The molecule has 5 heteroatoms. The maximum atomic E-state index is 13.7. The number of aromatic carboxylic acids is 1. The first-order valence-electron chi connectivity index (χ1n) is 7.35. The van der Waals surface area contributed by atoms with Gasteiger partial charge in [0.15, 0.2) is 0 Å². The molecule has 2 N–H and O–H groups in total. The van der Waals surface area contributed by atoms with Crippen molar-refractivity contribution in [3.63, 3.8) is 0 Å². The van der Waals surface area contributed by atoms with E-state index in [1.165, 1.54) is 6.07 Å². The highest BCUT2D eigenvalue weighted by atomic mass is 79.9. The number of fused-ring (bicyclic) bond motifs is 1. The summed E-state index contributed by atoms with van der Waals surface area (Å²) in [4.78, 5) is 11.1. The second-order valence-electron chi connectivity index (χ2n) is 6.62. The Morgan fingerprint density at radius 3 is 2.70 bits per heavy atom. The summed E-state index contributed by atoms with van der Waals surface area (Å²) in [5.41, 5.74) is 2.85. The van der Waals surface area contributed by atoms with E-state index in [0.717, 1.165) is 23.2 Å². The second-order valence-corrected chi connectivity index (χ2v) is 7.54. The van der Waals surface area contributed by atoms with Crippen molar-refractivity contribution in [3.05, 3.63) is 63.4 Å². The molecule has 0 saturated heterocycles. The van der Waals surface area contributed by atoms with Gasteiger partial charge in [-0.3, -0.25) is 0 Å². The summed E-state index contributed by atoms with van der Waals surface area (Å²) in [7, 11) is 0. The fourth-order valence-corrected chi connectivity index (χ4v) is 3.72. The van der Waals surface area contributed by atoms with Crippen molar-refractivity contribution in [2.75, 3.05) is 5.32 Å². The third-order valence-corrected chi connectivity index (χ3v) is 4.76. The average Bonchev–Trinajstić information content (AvgIpc) is 2.43. The summed E-state index contributed by atoms with van der Waals surface area (Å²) in [6, 6.07) is 9.93. The van der Waals surface area contributed by atoms with Gasteiger partial charge >= 0.3 is 5.97 Å². The van der Waals surface area contributed by atoms with E-state index >= 15 is 0 Å². The van der Waals surface area contributed by atoms with Gasteiger partial charge in [0.2, 0.25) is 0 Å². The van der Waals surface area contributed by atoms with E-state index in [0.29, 0.717) is 4.47 Å². The summed E-state index contributed by atoms with van der Waals surface area (Å²) in [6.45, 7) is 4.19. The van der Waals surface area contributed by atoms with Crippen molar-refractivity contribution in [1.82, 2.24) is 0 Å². The van der Waals surface area contributed by atoms with Gasteiger partial charge in [-0.1, -0.05) is 29.8 Å². The normalized spacial score (nSPS) is 18.9. The van der Waals surface area contributed by atoms with E-state index in [-0.39, 0.29) is 22.8 Å². The summed E-state index contributed by atoms with van der Waals surface area (Å²) in [5, 5.41) is 12.6. The van der Waals surface area contributed by atoms with E-state index in [1.807, 2.05) is 6.07 Å². The molecule has 1 atom stereocenters. The molecule has 23 heavy (non-hydrogen) atoms. The van der Waals surface area contributed by atoms with Crippen molar-refractivity contribution < 1.29 is 14.3 Å². The lowest BCUT2D eigenvalue weighted by molar-refractivity contribution is 0.0696. The average molecular weight is 378 g/mol. The molecule has 2 aromatic carbocycles. The lowest BCUT2D eigenvalue weighted by atomic mass is 9.73. The Bertz CT molecular complexity index is 768. The Morgan fingerprint density at radius 2 is 2.04 bits per heavy atom. The molecule has 1 heterocycles. The molecule has 1 unspecified atom stereocenters. The van der Waals surface area contributed by atoms with Gasteiger partial charge in [0, 0.05) is 10.2 Å². The molecule has 3 nitrogen and oxygen atoms in total. The molecule has 1 aliphatic rings. The molecule has 0 saturated carbocycles. The quantitative estimate of drug-likeness (QED) is 0.771. The van der Waals surface area contributed by atoms with E-state index in [1.54, 1.807) is 24.3 Å². The predicted octanol–water partition coefficient (Wildman–Crippen LogP) is 5.02. The minimum atomic E-state index is -0.929. The third kappa shape index (κ3) is 3.11. The Kier molecular flexibility index (Phi) is 3.92. The molecule has 0 radical (unpaired) electrons. The van der Waals surface area contributed by atoms with Crippen LogP contribution in [0.15, 0.2) is 40.9 Å². The van der Waals surface area contributed by atoms with Crippen LogP contribution in [0.3, 0.4) is 0 Å². The van der Waals surface area contributed by atoms with Crippen molar-refractivity contribution in [1.29, 1.82) is 0 Å². The van der Waals surface area contributed by atoms with Crippen LogP contribution in [0.4, 0.5) is 10.1 Å². The highest BCUT2D eigenvalue weighted by Crippen LogP contribution is 2.45. The Hall–Kier alpha value is -1.88. The Labute approximate surface area is 142 Å². The van der Waals surface area contributed by atoms with Gasteiger partial charge in [-0.05, 0) is 59.4 Å². The Balaban J connectivity index is 2.03. The lowest BCUT2D eigenvalue weighted by Gasteiger charge is -2.41. The van der Waals surface area contributed by atoms with Crippen molar-refractivity contribution in [2.45, 2.75) is 26.3 Å². The van der Waals surface area contributed by atoms with Gasteiger partial charge < -0.3 is 10.4 Å². The lowest BCUT2D eigenvalue weighted by Crippen LogP contribution is -2.35. The van der Waals surface area contributed by atoms with Crippen LogP contribution in [-0.2, 0) is 6.42 Å². The van der Waals surface area contributed by atoms with Gasteiger partial charge in [0.05, 0.1) is 11.6 Å². The summed E-state index contributed by atoms with van der Waals surface area (Å²) >= 11 is 3.34. The first kappa shape index (κ1) is 16.0. The van der Waals surface area contributed by atoms with Crippen LogP contribution < -0.4 is 5.32 Å². The molecule has 0 aromatic heterocycles. The molecular weight excluding hydrogens is 361 g/mol. The summed E-state index contributed by atoms with van der Waals surface area (Å²) in [5.74, 6) is -1.21. The zero-order valence-corrected chi connectivity index (χ0v) is 14.4. The van der Waals surface area contributed by atoms with Crippen molar-refractivity contribution in [3.8, 4) is 0 Å². The first-order chi connectivity index (χ1) is 10.8. The topological polar surface area (TPSA) is 49.3 Å². The number of nitrogens with one attached hydrogen (secondary N) is 1. The smallest absolute Gasteiger partial charge is 0.335 e. The van der Waals surface area contributed by atoms with Crippen LogP contribution >= 0.6 is 15.9 Å². The van der Waals surface area contributed by atoms with Crippen molar-refractivity contribution in [2.24, 2.45) is 5.41 Å². The number of carboxylic acid groups (broad SMARTS) is 1. The molecule has 0 fully saturated rings. The molecule has 120 valence electrons. The largest absolute Gasteiger partial charge is 0.478 e. The Morgan fingerprint density at radius 1 is 1.30 bits per heavy atom. The van der Waals surface area contributed by atoms with E-state index in [2.05, 4.69) is 35.1 Å². The number of benzene rings is 2. The predicted molar refractivity (Wildman–Crippen MR) is 91.4 cm³/mol. The second kappa shape index (κ2) is 5.64. The number of halogens is 2. The fourth-order valence-electron chi connectivity index (χ4n) is 3.23. The van der Waals surface area contributed by atoms with E-state index in [4.69, 9.17) is 5.11 Å². The fraction of sp³-hybridized carbons (Fsp3) is 0.278. The highest BCUT2D eigenvalue weighted by Gasteiger charge is 2.36. The van der Waals surface area contributed by atoms with Gasteiger partial charge in [-0.15, -0.1) is 0 Å². The van der Waals surface area contributed by atoms with Crippen LogP contribution in [0.25, 0.3) is 0 Å². The van der Waals surface area contributed by atoms with Gasteiger partial charge in [-0.2, -0.15) is 0 Å². The number of anilines is 1. The molecule has 0 bridgehead atoms. The van der Waals surface area contributed by atoms with Crippen LogP contribution in [0.2, 0.25) is 0 Å².